The van der Waals surface area contributed by atoms with Crippen LogP contribution in [-0.2, 0) is 16.1 Å². The summed E-state index contributed by atoms with van der Waals surface area (Å²) >= 11 is 0. The van der Waals surface area contributed by atoms with E-state index in [2.05, 4.69) is 9.97 Å². The first kappa shape index (κ1) is 17.8. The van der Waals surface area contributed by atoms with Crippen molar-refractivity contribution in [1.29, 1.82) is 0 Å². The average Bonchev–Trinajstić information content (AvgIpc) is 3.12. The van der Waals surface area contributed by atoms with Crippen molar-refractivity contribution in [1.82, 2.24) is 24.3 Å². The summed E-state index contributed by atoms with van der Waals surface area (Å²) in [6, 6.07) is 3.81. The van der Waals surface area contributed by atoms with Crippen molar-refractivity contribution in [2.75, 3.05) is 13.1 Å². The van der Waals surface area contributed by atoms with Gasteiger partial charge in [-0.25, -0.2) is 14.8 Å². The number of carbonyl (C=O) groups is 2. The fourth-order valence-corrected chi connectivity index (χ4v) is 4.03. The number of imidazole rings is 1. The van der Waals surface area contributed by atoms with Gasteiger partial charge in [0.15, 0.2) is 5.65 Å². The van der Waals surface area contributed by atoms with Crippen molar-refractivity contribution in [3.05, 3.63) is 24.7 Å². The number of aromatic nitrogens is 3. The molecule has 2 amide bonds. The zero-order chi connectivity index (χ0) is 19.2. The molecule has 2 atom stereocenters. The zero-order valence-electron chi connectivity index (χ0n) is 16.0. The highest BCUT2D eigenvalue weighted by Gasteiger charge is 2.44. The van der Waals surface area contributed by atoms with Gasteiger partial charge in [0.25, 0.3) is 0 Å². The van der Waals surface area contributed by atoms with E-state index < -0.39 is 5.60 Å². The number of piperazine rings is 1. The number of hydrogen-bond donors (Lipinski definition) is 0. The SMILES string of the molecule is CC(C)(C)OC(=O)N1CC2CCC(C1)N2C(=O)Cn1cnc2cccnc21. The van der Waals surface area contributed by atoms with E-state index in [1.54, 1.807) is 22.0 Å². The van der Waals surface area contributed by atoms with Gasteiger partial charge in [-0.2, -0.15) is 0 Å². The Balaban J connectivity index is 1.45. The Morgan fingerprint density at radius 2 is 1.89 bits per heavy atom. The Hall–Kier alpha value is -2.64. The maximum Gasteiger partial charge on any atom is 0.410 e. The molecule has 0 radical (unpaired) electrons. The molecule has 8 nitrogen and oxygen atoms in total. The molecule has 2 fully saturated rings. The number of likely N-dealkylation sites (tertiary alicyclic amines) is 1. The summed E-state index contributed by atoms with van der Waals surface area (Å²) in [6.45, 7) is 6.86. The molecule has 0 N–H and O–H groups in total. The first-order valence-corrected chi connectivity index (χ1v) is 9.37. The van der Waals surface area contributed by atoms with E-state index in [4.69, 9.17) is 4.74 Å². The first-order chi connectivity index (χ1) is 12.8. The van der Waals surface area contributed by atoms with Gasteiger partial charge < -0.3 is 19.1 Å². The summed E-state index contributed by atoms with van der Waals surface area (Å²) < 4.78 is 7.28. The molecule has 0 aromatic carbocycles. The van der Waals surface area contributed by atoms with Gasteiger partial charge in [0, 0.05) is 31.4 Å². The minimum Gasteiger partial charge on any atom is -0.444 e. The Morgan fingerprint density at radius 3 is 2.56 bits per heavy atom. The fraction of sp³-hybridized carbons (Fsp3) is 0.579. The minimum atomic E-state index is -0.515. The molecule has 4 heterocycles. The van der Waals surface area contributed by atoms with E-state index in [9.17, 15) is 9.59 Å². The summed E-state index contributed by atoms with van der Waals surface area (Å²) in [7, 11) is 0. The van der Waals surface area contributed by atoms with Crippen LogP contribution in [0.15, 0.2) is 24.7 Å². The van der Waals surface area contributed by atoms with E-state index in [1.807, 2.05) is 37.8 Å². The summed E-state index contributed by atoms with van der Waals surface area (Å²) in [4.78, 5) is 37.7. The van der Waals surface area contributed by atoms with Crippen LogP contribution in [0.1, 0.15) is 33.6 Å². The first-order valence-electron chi connectivity index (χ1n) is 9.37. The van der Waals surface area contributed by atoms with Crippen LogP contribution in [0.4, 0.5) is 4.79 Å². The Kier molecular flexibility index (Phi) is 4.28. The molecule has 2 saturated heterocycles. The van der Waals surface area contributed by atoms with Crippen LogP contribution >= 0.6 is 0 Å². The lowest BCUT2D eigenvalue weighted by molar-refractivity contribution is -0.137. The average molecular weight is 371 g/mol. The quantitative estimate of drug-likeness (QED) is 0.807. The molecule has 0 aliphatic carbocycles. The van der Waals surface area contributed by atoms with E-state index in [0.717, 1.165) is 18.4 Å². The second-order valence-corrected chi connectivity index (χ2v) is 8.29. The topological polar surface area (TPSA) is 80.6 Å². The lowest BCUT2D eigenvalue weighted by atomic mass is 10.2. The predicted octanol–water partition coefficient (Wildman–Crippen LogP) is 2.04. The summed E-state index contributed by atoms with van der Waals surface area (Å²) in [5.74, 6) is 0.0521. The van der Waals surface area contributed by atoms with Gasteiger partial charge in [0.05, 0.1) is 6.33 Å². The number of rotatable bonds is 2. The molecule has 2 aliphatic heterocycles. The van der Waals surface area contributed by atoms with E-state index in [1.165, 1.54) is 0 Å². The molecular formula is C19H25N5O3. The normalized spacial score (nSPS) is 22.3. The van der Waals surface area contributed by atoms with E-state index >= 15 is 0 Å². The van der Waals surface area contributed by atoms with Gasteiger partial charge in [-0.05, 0) is 45.7 Å². The number of amides is 2. The van der Waals surface area contributed by atoms with Crippen LogP contribution in [-0.4, -0.2) is 67.1 Å². The summed E-state index contributed by atoms with van der Waals surface area (Å²) in [5, 5.41) is 0. The number of carbonyl (C=O) groups excluding carboxylic acids is 2. The Morgan fingerprint density at radius 1 is 1.19 bits per heavy atom. The lowest BCUT2D eigenvalue weighted by Crippen LogP contribution is -2.58. The van der Waals surface area contributed by atoms with Gasteiger partial charge in [-0.1, -0.05) is 0 Å². The Labute approximate surface area is 158 Å². The van der Waals surface area contributed by atoms with Gasteiger partial charge in [-0.15, -0.1) is 0 Å². The molecule has 2 aromatic rings. The monoisotopic (exact) mass is 371 g/mol. The van der Waals surface area contributed by atoms with Crippen LogP contribution in [0.5, 0.6) is 0 Å². The smallest absolute Gasteiger partial charge is 0.410 e. The molecule has 2 aromatic heterocycles. The molecule has 0 saturated carbocycles. The second kappa shape index (κ2) is 6.51. The van der Waals surface area contributed by atoms with Crippen LogP contribution in [0, 0.1) is 0 Å². The maximum absolute atomic E-state index is 13.0. The maximum atomic E-state index is 13.0. The standard InChI is InChI=1S/C19H25N5O3/c1-19(2,3)27-18(26)22-9-13-6-7-14(10-22)24(13)16(25)11-23-12-21-15-5-4-8-20-17(15)23/h4-5,8,12-14H,6-7,9-11H2,1-3H3. The predicted molar refractivity (Wildman–Crippen MR) is 99.0 cm³/mol. The highest BCUT2D eigenvalue weighted by Crippen LogP contribution is 2.31. The molecule has 2 aliphatic rings. The third-order valence-corrected chi connectivity index (χ3v) is 5.10. The minimum absolute atomic E-state index is 0.0477. The van der Waals surface area contributed by atoms with Gasteiger partial charge in [-0.3, -0.25) is 4.79 Å². The number of nitrogens with zero attached hydrogens (tertiary/aromatic N) is 5. The Bertz CT molecular complexity index is 858. The molecule has 2 bridgehead atoms. The molecule has 27 heavy (non-hydrogen) atoms. The molecule has 4 rings (SSSR count). The number of pyridine rings is 1. The summed E-state index contributed by atoms with van der Waals surface area (Å²) in [5.41, 5.74) is 0.979. The largest absolute Gasteiger partial charge is 0.444 e. The second-order valence-electron chi connectivity index (χ2n) is 8.29. The van der Waals surface area contributed by atoms with Gasteiger partial charge in [0.1, 0.15) is 17.7 Å². The van der Waals surface area contributed by atoms with Crippen molar-refractivity contribution in [2.45, 2.75) is 57.8 Å². The van der Waals surface area contributed by atoms with Crippen molar-refractivity contribution in [3.8, 4) is 0 Å². The van der Waals surface area contributed by atoms with Crippen molar-refractivity contribution < 1.29 is 14.3 Å². The molecular weight excluding hydrogens is 346 g/mol. The molecule has 0 spiro atoms. The number of fused-ring (bicyclic) bond motifs is 3. The van der Waals surface area contributed by atoms with Crippen molar-refractivity contribution >= 4 is 23.2 Å². The molecule has 2 unspecified atom stereocenters. The highest BCUT2D eigenvalue weighted by molar-refractivity contribution is 5.80. The number of hydrogen-bond acceptors (Lipinski definition) is 5. The highest BCUT2D eigenvalue weighted by atomic mass is 16.6. The van der Waals surface area contributed by atoms with Crippen molar-refractivity contribution in [3.63, 3.8) is 0 Å². The van der Waals surface area contributed by atoms with Crippen LogP contribution in [0.25, 0.3) is 11.2 Å². The number of ether oxygens (including phenoxy) is 1. The molecule has 8 heteroatoms. The molecule has 144 valence electrons. The third-order valence-electron chi connectivity index (χ3n) is 5.10. The van der Waals surface area contributed by atoms with Crippen LogP contribution in [0.3, 0.4) is 0 Å². The van der Waals surface area contributed by atoms with Crippen LogP contribution < -0.4 is 0 Å². The zero-order valence-corrected chi connectivity index (χ0v) is 16.0. The van der Waals surface area contributed by atoms with Gasteiger partial charge in [0.2, 0.25) is 5.91 Å². The fourth-order valence-electron chi connectivity index (χ4n) is 4.03. The van der Waals surface area contributed by atoms with Crippen LogP contribution in [0.2, 0.25) is 0 Å². The third kappa shape index (κ3) is 3.48. The van der Waals surface area contributed by atoms with E-state index in [-0.39, 0.29) is 30.6 Å². The van der Waals surface area contributed by atoms with E-state index in [0.29, 0.717) is 18.7 Å². The summed E-state index contributed by atoms with van der Waals surface area (Å²) in [6.07, 6.45) is 4.90. The van der Waals surface area contributed by atoms with Crippen molar-refractivity contribution in [2.24, 2.45) is 0 Å². The van der Waals surface area contributed by atoms with Gasteiger partial charge >= 0.3 is 6.09 Å². The lowest BCUT2D eigenvalue weighted by Gasteiger charge is -2.41.